The van der Waals surface area contributed by atoms with Crippen LogP contribution in [0.25, 0.3) is 0 Å². The van der Waals surface area contributed by atoms with Gasteiger partial charge < -0.3 is 9.30 Å². The molecule has 1 aromatic heterocycles. The first-order valence-corrected chi connectivity index (χ1v) is 9.92. The molecule has 0 bridgehead atoms. The highest BCUT2D eigenvalue weighted by molar-refractivity contribution is 7.98. The van der Waals surface area contributed by atoms with E-state index in [-0.39, 0.29) is 11.9 Å². The molecule has 7 heteroatoms. The average molecular weight is 406 g/mol. The van der Waals surface area contributed by atoms with Crippen LogP contribution < -0.4 is 4.74 Å². The molecule has 0 amide bonds. The lowest BCUT2D eigenvalue weighted by molar-refractivity contribution is 0.210. The molecule has 0 radical (unpaired) electrons. The monoisotopic (exact) mass is 405 g/mol. The highest BCUT2D eigenvalue weighted by Gasteiger charge is 2.18. The van der Waals surface area contributed by atoms with Crippen molar-refractivity contribution in [3.8, 4) is 5.75 Å². The van der Waals surface area contributed by atoms with E-state index in [1.165, 1.54) is 29.5 Å². The predicted molar refractivity (Wildman–Crippen MR) is 107 cm³/mol. The number of aryl methyl sites for hydroxylation is 1. The second-order valence-corrected chi connectivity index (χ2v) is 7.73. The van der Waals surface area contributed by atoms with Gasteiger partial charge in [0.05, 0.1) is 0 Å². The van der Waals surface area contributed by atoms with Gasteiger partial charge in [0, 0.05) is 17.8 Å². The molecule has 0 aliphatic carbocycles. The van der Waals surface area contributed by atoms with Gasteiger partial charge in [-0.05, 0) is 55.7 Å². The molecule has 142 valence electrons. The maximum atomic E-state index is 13.2. The minimum atomic E-state index is -0.341. The van der Waals surface area contributed by atoms with Crippen molar-refractivity contribution < 1.29 is 9.13 Å². The van der Waals surface area contributed by atoms with Crippen LogP contribution in [0.2, 0.25) is 5.02 Å². The van der Waals surface area contributed by atoms with Crippen LogP contribution in [0.3, 0.4) is 0 Å². The number of hydrogen-bond acceptors (Lipinski definition) is 4. The summed E-state index contributed by atoms with van der Waals surface area (Å²) in [7, 11) is 1.91. The lowest BCUT2D eigenvalue weighted by atomic mass is 10.1. The second kappa shape index (κ2) is 8.31. The van der Waals surface area contributed by atoms with Gasteiger partial charge in [-0.15, -0.1) is 10.2 Å². The smallest absolute Gasteiger partial charge is 0.191 e. The topological polar surface area (TPSA) is 39.9 Å². The summed E-state index contributed by atoms with van der Waals surface area (Å²) in [6, 6.07) is 10.4. The summed E-state index contributed by atoms with van der Waals surface area (Å²) in [5.74, 6) is 1.82. The first-order valence-electron chi connectivity index (χ1n) is 8.55. The Morgan fingerprint density at radius 2 is 2.00 bits per heavy atom. The quantitative estimate of drug-likeness (QED) is 0.496. The van der Waals surface area contributed by atoms with E-state index in [2.05, 4.69) is 23.2 Å². The number of nitrogens with zero attached hydrogens (tertiary/aromatic N) is 3. The fourth-order valence-corrected chi connectivity index (χ4v) is 3.92. The second-order valence-electron chi connectivity index (χ2n) is 6.38. The van der Waals surface area contributed by atoms with Crippen molar-refractivity contribution in [1.82, 2.24) is 14.8 Å². The predicted octanol–water partition coefficient (Wildman–Crippen LogP) is 5.66. The number of hydrogen-bond donors (Lipinski definition) is 0. The molecule has 1 heterocycles. The van der Waals surface area contributed by atoms with E-state index >= 15 is 0 Å². The number of halogens is 2. The molecule has 3 aromatic rings. The van der Waals surface area contributed by atoms with Gasteiger partial charge in [-0.2, -0.15) is 0 Å². The molecule has 4 nitrogen and oxygen atoms in total. The fraction of sp³-hybridized carbons (Fsp3) is 0.300. The Kier molecular flexibility index (Phi) is 6.07. The minimum absolute atomic E-state index is 0.244. The van der Waals surface area contributed by atoms with E-state index in [1.54, 1.807) is 6.07 Å². The van der Waals surface area contributed by atoms with Crippen LogP contribution >= 0.6 is 23.4 Å². The molecule has 27 heavy (non-hydrogen) atoms. The fourth-order valence-electron chi connectivity index (χ4n) is 2.68. The summed E-state index contributed by atoms with van der Waals surface area (Å²) in [5, 5.41) is 9.71. The van der Waals surface area contributed by atoms with Gasteiger partial charge in [0.1, 0.15) is 11.6 Å². The van der Waals surface area contributed by atoms with Crippen LogP contribution in [0.5, 0.6) is 5.75 Å². The Morgan fingerprint density at radius 3 is 2.74 bits per heavy atom. The van der Waals surface area contributed by atoms with E-state index < -0.39 is 0 Å². The minimum Gasteiger partial charge on any atom is -0.482 e. The van der Waals surface area contributed by atoms with Crippen molar-refractivity contribution in [1.29, 1.82) is 0 Å². The highest BCUT2D eigenvalue weighted by Crippen LogP contribution is 2.29. The van der Waals surface area contributed by atoms with Crippen LogP contribution in [-0.4, -0.2) is 14.8 Å². The lowest BCUT2D eigenvalue weighted by Gasteiger charge is -2.17. The molecule has 0 N–H and O–H groups in total. The first-order chi connectivity index (χ1) is 12.9. The van der Waals surface area contributed by atoms with Gasteiger partial charge in [0.15, 0.2) is 17.1 Å². The van der Waals surface area contributed by atoms with E-state index in [1.807, 2.05) is 37.6 Å². The summed E-state index contributed by atoms with van der Waals surface area (Å²) >= 11 is 7.59. The molecule has 0 fully saturated rings. The molecule has 1 unspecified atom stereocenters. The van der Waals surface area contributed by atoms with Crippen molar-refractivity contribution in [3.05, 3.63) is 69.8 Å². The van der Waals surface area contributed by atoms with Crippen molar-refractivity contribution in [3.63, 3.8) is 0 Å². The number of aromatic nitrogens is 3. The average Bonchev–Trinajstić information content (AvgIpc) is 2.99. The molecule has 0 aliphatic rings. The van der Waals surface area contributed by atoms with Gasteiger partial charge in [-0.1, -0.05) is 41.6 Å². The van der Waals surface area contributed by atoms with Crippen molar-refractivity contribution >= 4 is 23.4 Å². The lowest BCUT2D eigenvalue weighted by Crippen LogP contribution is -2.10. The van der Waals surface area contributed by atoms with Gasteiger partial charge in [-0.25, -0.2) is 4.39 Å². The van der Waals surface area contributed by atoms with Gasteiger partial charge >= 0.3 is 0 Å². The molecule has 0 saturated heterocycles. The van der Waals surface area contributed by atoms with Crippen LogP contribution in [0.15, 0.2) is 41.6 Å². The Hall–Kier alpha value is -2.05. The Bertz CT molecular complexity index is 960. The zero-order chi connectivity index (χ0) is 19.6. The van der Waals surface area contributed by atoms with E-state index in [0.29, 0.717) is 10.8 Å². The van der Waals surface area contributed by atoms with Gasteiger partial charge in [-0.3, -0.25) is 0 Å². The van der Waals surface area contributed by atoms with Crippen LogP contribution in [0.1, 0.15) is 35.5 Å². The third-order valence-electron chi connectivity index (χ3n) is 4.46. The van der Waals surface area contributed by atoms with Crippen LogP contribution in [-0.2, 0) is 12.8 Å². The number of rotatable bonds is 6. The number of benzene rings is 2. The summed E-state index contributed by atoms with van der Waals surface area (Å²) in [5.41, 5.74) is 3.16. The summed E-state index contributed by atoms with van der Waals surface area (Å²) < 4.78 is 21.2. The molecule has 0 aliphatic heterocycles. The zero-order valence-electron chi connectivity index (χ0n) is 15.7. The maximum Gasteiger partial charge on any atom is 0.191 e. The van der Waals surface area contributed by atoms with E-state index in [0.717, 1.165) is 27.9 Å². The van der Waals surface area contributed by atoms with E-state index in [4.69, 9.17) is 16.3 Å². The van der Waals surface area contributed by atoms with Crippen molar-refractivity contribution in [2.45, 2.75) is 37.8 Å². The summed E-state index contributed by atoms with van der Waals surface area (Å²) in [6.45, 7) is 6.06. The Balaban J connectivity index is 1.71. The largest absolute Gasteiger partial charge is 0.482 e. The molecule has 0 spiro atoms. The molecule has 0 saturated carbocycles. The SMILES string of the molecule is Cc1cccc(OC(C)c2nnc(SCc3ccc(F)cc3Cl)n2C)c1C. The van der Waals surface area contributed by atoms with Gasteiger partial charge in [0.25, 0.3) is 0 Å². The summed E-state index contributed by atoms with van der Waals surface area (Å²) in [4.78, 5) is 0. The van der Waals surface area contributed by atoms with Crippen LogP contribution in [0, 0.1) is 19.7 Å². The first kappa shape index (κ1) is 19.7. The number of ether oxygens (including phenoxy) is 1. The maximum absolute atomic E-state index is 13.2. The molecule has 2 aromatic carbocycles. The van der Waals surface area contributed by atoms with Crippen molar-refractivity contribution in [2.75, 3.05) is 0 Å². The van der Waals surface area contributed by atoms with Gasteiger partial charge in [0.2, 0.25) is 0 Å². The molecule has 3 rings (SSSR count). The Morgan fingerprint density at radius 1 is 1.22 bits per heavy atom. The molecular weight excluding hydrogens is 385 g/mol. The Labute approximate surface area is 167 Å². The highest BCUT2D eigenvalue weighted by atomic mass is 35.5. The number of thioether (sulfide) groups is 1. The third kappa shape index (κ3) is 4.45. The van der Waals surface area contributed by atoms with E-state index in [9.17, 15) is 4.39 Å². The van der Waals surface area contributed by atoms with Crippen LogP contribution in [0.4, 0.5) is 4.39 Å². The molecular formula is C20H21ClFN3OS. The zero-order valence-corrected chi connectivity index (χ0v) is 17.2. The molecule has 1 atom stereocenters. The standard InChI is InChI=1S/C20H21ClFN3OS/c1-12-6-5-7-18(13(12)2)26-14(3)19-23-24-20(25(19)4)27-11-15-8-9-16(22)10-17(15)21/h5-10,14H,11H2,1-4H3. The normalized spacial score (nSPS) is 12.2. The summed E-state index contributed by atoms with van der Waals surface area (Å²) in [6.07, 6.45) is -0.244. The van der Waals surface area contributed by atoms with Crippen molar-refractivity contribution in [2.24, 2.45) is 7.05 Å². The third-order valence-corrected chi connectivity index (χ3v) is 5.88.